The number of para-hydroxylation sites is 1. The Labute approximate surface area is 114 Å². The highest BCUT2D eigenvalue weighted by Gasteiger charge is 2.03. The smallest absolute Gasteiger partial charge is 0.131 e. The Balaban J connectivity index is 2.26. The van der Waals surface area contributed by atoms with Crippen LogP contribution < -0.4 is 4.74 Å². The molecule has 0 aliphatic heterocycles. The molecule has 0 N–H and O–H groups in total. The first-order valence-electron chi connectivity index (χ1n) is 4.87. The molecule has 0 aliphatic carbocycles. The van der Waals surface area contributed by atoms with E-state index in [2.05, 4.69) is 22.6 Å². The summed E-state index contributed by atoms with van der Waals surface area (Å²) in [5.74, 6) is 2.11. The average Bonchev–Trinajstić information content (AvgIpc) is 2.30. The van der Waals surface area contributed by atoms with Crippen LogP contribution in [0.1, 0.15) is 5.56 Å². The normalized spacial score (nSPS) is 10.1. The molecule has 0 spiro atoms. The quantitative estimate of drug-likeness (QED) is 0.573. The maximum absolute atomic E-state index is 5.85. The minimum absolute atomic E-state index is 0.458. The molecule has 3 heteroatoms. The van der Waals surface area contributed by atoms with E-state index >= 15 is 0 Å². The largest absolute Gasteiger partial charge is 0.457 e. The second kappa shape index (κ2) is 5.55. The van der Waals surface area contributed by atoms with Gasteiger partial charge in [-0.25, -0.2) is 0 Å². The maximum Gasteiger partial charge on any atom is 0.131 e. The molecule has 0 heterocycles. The van der Waals surface area contributed by atoms with Gasteiger partial charge in [0, 0.05) is 9.13 Å². The summed E-state index contributed by atoms with van der Waals surface area (Å²) in [6.45, 7) is 0. The van der Waals surface area contributed by atoms with Crippen LogP contribution in [0.3, 0.4) is 0 Å². The SMILES string of the molecule is ClCc1ccccc1Oc1cccc(I)c1. The molecule has 0 bridgehead atoms. The van der Waals surface area contributed by atoms with Crippen LogP contribution in [-0.2, 0) is 5.88 Å². The number of hydrogen-bond acceptors (Lipinski definition) is 1. The zero-order chi connectivity index (χ0) is 11.4. The summed E-state index contributed by atoms with van der Waals surface area (Å²) in [6.07, 6.45) is 0. The monoisotopic (exact) mass is 344 g/mol. The van der Waals surface area contributed by atoms with Gasteiger partial charge in [0.25, 0.3) is 0 Å². The van der Waals surface area contributed by atoms with Crippen molar-refractivity contribution in [1.29, 1.82) is 0 Å². The molecular weight excluding hydrogens is 334 g/mol. The van der Waals surface area contributed by atoms with Gasteiger partial charge in [-0.2, -0.15) is 0 Å². The summed E-state index contributed by atoms with van der Waals surface area (Å²) in [7, 11) is 0. The van der Waals surface area contributed by atoms with Crippen molar-refractivity contribution in [2.75, 3.05) is 0 Å². The van der Waals surface area contributed by atoms with Gasteiger partial charge in [0.15, 0.2) is 0 Å². The van der Waals surface area contributed by atoms with E-state index in [0.29, 0.717) is 5.88 Å². The van der Waals surface area contributed by atoms with E-state index in [0.717, 1.165) is 20.6 Å². The molecule has 0 aliphatic rings. The maximum atomic E-state index is 5.85. The molecule has 82 valence electrons. The molecule has 0 saturated carbocycles. The summed E-state index contributed by atoms with van der Waals surface area (Å²) in [4.78, 5) is 0. The minimum atomic E-state index is 0.458. The van der Waals surface area contributed by atoms with E-state index in [1.165, 1.54) is 0 Å². The van der Waals surface area contributed by atoms with E-state index in [1.54, 1.807) is 0 Å². The molecule has 0 fully saturated rings. The van der Waals surface area contributed by atoms with Gasteiger partial charge in [-0.15, -0.1) is 11.6 Å². The lowest BCUT2D eigenvalue weighted by molar-refractivity contribution is 0.478. The minimum Gasteiger partial charge on any atom is -0.457 e. The molecule has 0 unspecified atom stereocenters. The molecular formula is C13H10ClIO. The summed E-state index contributed by atoms with van der Waals surface area (Å²) in [6, 6.07) is 15.7. The Kier molecular flexibility index (Phi) is 4.07. The van der Waals surface area contributed by atoms with Crippen LogP contribution in [-0.4, -0.2) is 0 Å². The Morgan fingerprint density at radius 3 is 2.62 bits per heavy atom. The first-order chi connectivity index (χ1) is 7.79. The molecule has 2 rings (SSSR count). The fourth-order valence-corrected chi connectivity index (χ4v) is 2.11. The molecule has 0 amide bonds. The second-order valence-corrected chi connectivity index (χ2v) is 4.81. The van der Waals surface area contributed by atoms with Crippen LogP contribution in [0.2, 0.25) is 0 Å². The van der Waals surface area contributed by atoms with Gasteiger partial charge < -0.3 is 4.74 Å². The molecule has 0 radical (unpaired) electrons. The Morgan fingerprint density at radius 2 is 1.88 bits per heavy atom. The first-order valence-corrected chi connectivity index (χ1v) is 6.48. The number of rotatable bonds is 3. The number of ether oxygens (including phenoxy) is 1. The zero-order valence-corrected chi connectivity index (χ0v) is 11.4. The van der Waals surface area contributed by atoms with Crippen LogP contribution >= 0.6 is 34.2 Å². The van der Waals surface area contributed by atoms with E-state index in [9.17, 15) is 0 Å². The summed E-state index contributed by atoms with van der Waals surface area (Å²) >= 11 is 8.11. The Bertz CT molecular complexity index is 485. The Morgan fingerprint density at radius 1 is 1.06 bits per heavy atom. The number of benzene rings is 2. The summed E-state index contributed by atoms with van der Waals surface area (Å²) in [5, 5.41) is 0. The van der Waals surface area contributed by atoms with E-state index in [-0.39, 0.29) is 0 Å². The lowest BCUT2D eigenvalue weighted by Crippen LogP contribution is -1.89. The molecule has 0 saturated heterocycles. The molecule has 0 aromatic heterocycles. The van der Waals surface area contributed by atoms with Crippen molar-refractivity contribution in [1.82, 2.24) is 0 Å². The molecule has 16 heavy (non-hydrogen) atoms. The summed E-state index contributed by atoms with van der Waals surface area (Å²) in [5.41, 5.74) is 1.00. The standard InChI is InChI=1S/C13H10ClIO/c14-9-10-4-1-2-7-13(10)16-12-6-3-5-11(15)8-12/h1-8H,9H2. The highest BCUT2D eigenvalue weighted by Crippen LogP contribution is 2.27. The second-order valence-electron chi connectivity index (χ2n) is 3.30. The van der Waals surface area contributed by atoms with Gasteiger partial charge in [0.1, 0.15) is 11.5 Å². The zero-order valence-electron chi connectivity index (χ0n) is 8.49. The number of alkyl halides is 1. The van der Waals surface area contributed by atoms with Gasteiger partial charge in [-0.05, 0) is 46.9 Å². The van der Waals surface area contributed by atoms with Crippen molar-refractivity contribution >= 4 is 34.2 Å². The van der Waals surface area contributed by atoms with Gasteiger partial charge in [-0.1, -0.05) is 24.3 Å². The lowest BCUT2D eigenvalue weighted by Gasteiger charge is -2.09. The fraction of sp³-hybridized carbons (Fsp3) is 0.0769. The van der Waals surface area contributed by atoms with Crippen LogP contribution in [0.25, 0.3) is 0 Å². The van der Waals surface area contributed by atoms with Gasteiger partial charge in [0.2, 0.25) is 0 Å². The van der Waals surface area contributed by atoms with Crippen molar-refractivity contribution in [2.24, 2.45) is 0 Å². The average molecular weight is 345 g/mol. The van der Waals surface area contributed by atoms with Gasteiger partial charge >= 0.3 is 0 Å². The highest BCUT2D eigenvalue weighted by atomic mass is 127. The van der Waals surface area contributed by atoms with E-state index < -0.39 is 0 Å². The molecule has 2 aromatic rings. The number of hydrogen-bond donors (Lipinski definition) is 0. The van der Waals surface area contributed by atoms with Crippen LogP contribution in [0.5, 0.6) is 11.5 Å². The van der Waals surface area contributed by atoms with Crippen molar-refractivity contribution < 1.29 is 4.74 Å². The predicted molar refractivity (Wildman–Crippen MR) is 75.2 cm³/mol. The van der Waals surface area contributed by atoms with E-state index in [4.69, 9.17) is 16.3 Å². The van der Waals surface area contributed by atoms with Crippen LogP contribution in [0.4, 0.5) is 0 Å². The third kappa shape index (κ3) is 2.89. The Hall–Kier alpha value is -0.740. The van der Waals surface area contributed by atoms with Crippen LogP contribution in [0.15, 0.2) is 48.5 Å². The topological polar surface area (TPSA) is 9.23 Å². The lowest BCUT2D eigenvalue weighted by atomic mass is 10.2. The van der Waals surface area contributed by atoms with Gasteiger partial charge in [0.05, 0.1) is 5.88 Å². The third-order valence-electron chi connectivity index (χ3n) is 2.14. The van der Waals surface area contributed by atoms with Crippen molar-refractivity contribution in [3.63, 3.8) is 0 Å². The third-order valence-corrected chi connectivity index (χ3v) is 3.10. The van der Waals surface area contributed by atoms with Crippen molar-refractivity contribution in [3.05, 3.63) is 57.7 Å². The molecule has 2 aromatic carbocycles. The van der Waals surface area contributed by atoms with Crippen molar-refractivity contribution in [2.45, 2.75) is 5.88 Å². The number of halogens is 2. The summed E-state index contributed by atoms with van der Waals surface area (Å²) < 4.78 is 6.94. The predicted octanol–water partition coefficient (Wildman–Crippen LogP) is 4.82. The van der Waals surface area contributed by atoms with Gasteiger partial charge in [-0.3, -0.25) is 0 Å². The van der Waals surface area contributed by atoms with Crippen molar-refractivity contribution in [3.8, 4) is 11.5 Å². The molecule has 0 atom stereocenters. The highest BCUT2D eigenvalue weighted by molar-refractivity contribution is 14.1. The first kappa shape index (κ1) is 11.7. The fourth-order valence-electron chi connectivity index (χ4n) is 1.37. The van der Waals surface area contributed by atoms with E-state index in [1.807, 2.05) is 48.5 Å². The molecule has 1 nitrogen and oxygen atoms in total. The van der Waals surface area contributed by atoms with Crippen LogP contribution in [0, 0.1) is 3.57 Å².